The Hall–Kier alpha value is -2.69. The van der Waals surface area contributed by atoms with Gasteiger partial charge in [-0.25, -0.2) is 0 Å². The van der Waals surface area contributed by atoms with Crippen LogP contribution in [0, 0.1) is 35.0 Å². The molecule has 0 rings (SSSR count). The van der Waals surface area contributed by atoms with Crippen molar-refractivity contribution in [2.45, 2.75) is 165 Å². The summed E-state index contributed by atoms with van der Waals surface area (Å²) in [4.78, 5) is 62.9. The van der Waals surface area contributed by atoms with E-state index in [0.29, 0.717) is 31.1 Å². The molecule has 0 spiro atoms. The van der Waals surface area contributed by atoms with E-state index < -0.39 is 29.4 Å². The Labute approximate surface area is 315 Å². The fourth-order valence-electron chi connectivity index (χ4n) is 5.17. The quantitative estimate of drug-likeness (QED) is 0.0398. The average molecular weight is 743 g/mol. The molecule has 0 aliphatic rings. The topological polar surface area (TPSA) is 141 Å². The fourth-order valence-corrected chi connectivity index (χ4v) is 5.17. The first-order valence-corrected chi connectivity index (χ1v) is 19.8. The summed E-state index contributed by atoms with van der Waals surface area (Å²) in [5.74, 6) is -0.921. The summed E-state index contributed by atoms with van der Waals surface area (Å²) in [5.41, 5.74) is -1.15. The van der Waals surface area contributed by atoms with Gasteiger partial charge in [-0.15, -0.1) is 0 Å². The second-order valence-electron chi connectivity index (χ2n) is 16.4. The SMILES string of the molecule is CC(C)CCCC(C)CC(=O)OCC(COC(=O)CC(C)CCCC(C)C)OC(=O)CCCCCOC(=O)C(C)(COC(=O)C(C)C)COC(C)C. The Morgan fingerprint density at radius 3 is 1.54 bits per heavy atom. The van der Waals surface area contributed by atoms with Crippen LogP contribution in [-0.2, 0) is 52.4 Å². The van der Waals surface area contributed by atoms with E-state index in [1.165, 1.54) is 0 Å². The van der Waals surface area contributed by atoms with Crippen molar-refractivity contribution in [3.63, 3.8) is 0 Å². The van der Waals surface area contributed by atoms with Crippen LogP contribution in [0.4, 0.5) is 0 Å². The second-order valence-corrected chi connectivity index (χ2v) is 16.4. The van der Waals surface area contributed by atoms with E-state index in [9.17, 15) is 24.0 Å². The van der Waals surface area contributed by atoms with Gasteiger partial charge in [-0.3, -0.25) is 24.0 Å². The van der Waals surface area contributed by atoms with Gasteiger partial charge < -0.3 is 28.4 Å². The number of hydrogen-bond donors (Lipinski definition) is 0. The smallest absolute Gasteiger partial charge is 0.317 e. The third-order valence-corrected chi connectivity index (χ3v) is 8.64. The molecular weight excluding hydrogens is 668 g/mol. The maximum absolute atomic E-state index is 13.0. The minimum atomic E-state index is -1.15. The molecular formula is C41H74O11. The molecule has 0 amide bonds. The molecule has 0 heterocycles. The van der Waals surface area contributed by atoms with Crippen LogP contribution in [0.2, 0.25) is 0 Å². The molecule has 3 unspecified atom stereocenters. The minimum Gasteiger partial charge on any atom is -0.465 e. The molecule has 304 valence electrons. The van der Waals surface area contributed by atoms with Crippen molar-refractivity contribution in [2.75, 3.05) is 33.0 Å². The third-order valence-electron chi connectivity index (χ3n) is 8.64. The van der Waals surface area contributed by atoms with Crippen LogP contribution >= 0.6 is 0 Å². The van der Waals surface area contributed by atoms with E-state index in [1.807, 2.05) is 27.7 Å². The standard InChI is InChI=1S/C41H74O11/c1-29(2)17-15-19-33(9)23-37(43)48-25-35(26-49-38(44)24-34(10)20-16-18-30(3)4)52-36(42)21-13-12-14-22-47-40(46)41(11,27-50-32(7)8)28-51-39(45)31(5)6/h29-35H,12-28H2,1-11H3. The van der Waals surface area contributed by atoms with Crippen LogP contribution in [0.25, 0.3) is 0 Å². The van der Waals surface area contributed by atoms with Gasteiger partial charge in [0.2, 0.25) is 0 Å². The predicted molar refractivity (Wildman–Crippen MR) is 201 cm³/mol. The average Bonchev–Trinajstić information content (AvgIpc) is 3.04. The first-order valence-electron chi connectivity index (χ1n) is 19.8. The van der Waals surface area contributed by atoms with E-state index in [4.69, 9.17) is 28.4 Å². The molecule has 11 nitrogen and oxygen atoms in total. The van der Waals surface area contributed by atoms with Crippen LogP contribution in [0.5, 0.6) is 0 Å². The summed E-state index contributed by atoms with van der Waals surface area (Å²) in [5, 5.41) is 0. The molecule has 0 radical (unpaired) electrons. The van der Waals surface area contributed by atoms with E-state index in [0.717, 1.165) is 38.5 Å². The molecule has 0 saturated heterocycles. The van der Waals surface area contributed by atoms with Gasteiger partial charge in [-0.05, 0) is 63.7 Å². The van der Waals surface area contributed by atoms with Crippen LogP contribution in [-0.4, -0.2) is 75.1 Å². The molecule has 0 aromatic rings. The summed E-state index contributed by atoms with van der Waals surface area (Å²) < 4.78 is 33.1. The molecule has 0 fully saturated rings. The van der Waals surface area contributed by atoms with Gasteiger partial charge in [0.05, 0.1) is 25.2 Å². The molecule has 0 aromatic heterocycles. The van der Waals surface area contributed by atoms with E-state index >= 15 is 0 Å². The lowest BCUT2D eigenvalue weighted by Crippen LogP contribution is -2.41. The largest absolute Gasteiger partial charge is 0.465 e. The van der Waals surface area contributed by atoms with Crippen molar-refractivity contribution in [1.29, 1.82) is 0 Å². The highest BCUT2D eigenvalue weighted by Gasteiger charge is 2.38. The Morgan fingerprint density at radius 2 is 1.08 bits per heavy atom. The first-order chi connectivity index (χ1) is 24.3. The summed E-state index contributed by atoms with van der Waals surface area (Å²) in [6.07, 6.45) is 7.33. The Kier molecular flexibility index (Phi) is 26.4. The van der Waals surface area contributed by atoms with E-state index in [2.05, 4.69) is 27.7 Å². The first kappa shape index (κ1) is 49.3. The van der Waals surface area contributed by atoms with E-state index in [-0.39, 0.29) is 88.1 Å². The number of carbonyl (C=O) groups excluding carboxylic acids is 5. The van der Waals surface area contributed by atoms with Gasteiger partial charge in [-0.2, -0.15) is 0 Å². The molecule has 11 heteroatoms. The van der Waals surface area contributed by atoms with E-state index in [1.54, 1.807) is 20.8 Å². The number of ether oxygens (including phenoxy) is 6. The number of unbranched alkanes of at least 4 members (excludes halogenated alkanes) is 2. The lowest BCUT2D eigenvalue weighted by atomic mass is 9.93. The van der Waals surface area contributed by atoms with Crippen molar-refractivity contribution in [3.05, 3.63) is 0 Å². The zero-order valence-corrected chi connectivity index (χ0v) is 34.6. The molecule has 0 N–H and O–H groups in total. The van der Waals surface area contributed by atoms with Crippen molar-refractivity contribution in [3.8, 4) is 0 Å². The molecule has 0 aromatic carbocycles. The maximum Gasteiger partial charge on any atom is 0.317 e. The highest BCUT2D eigenvalue weighted by atomic mass is 16.6. The molecule has 0 aliphatic carbocycles. The van der Waals surface area contributed by atoms with Gasteiger partial charge in [0.1, 0.15) is 25.2 Å². The monoisotopic (exact) mass is 743 g/mol. The number of rotatable bonds is 30. The summed E-state index contributed by atoms with van der Waals surface area (Å²) >= 11 is 0. The van der Waals surface area contributed by atoms with Crippen molar-refractivity contribution >= 4 is 29.8 Å². The lowest BCUT2D eigenvalue weighted by molar-refractivity contribution is -0.169. The minimum absolute atomic E-state index is 0.0428. The number of hydrogen-bond acceptors (Lipinski definition) is 11. The van der Waals surface area contributed by atoms with Crippen molar-refractivity contribution < 1.29 is 52.4 Å². The normalized spacial score (nSPS) is 14.5. The number of carbonyl (C=O) groups is 5. The van der Waals surface area contributed by atoms with Crippen molar-refractivity contribution in [2.24, 2.45) is 35.0 Å². The van der Waals surface area contributed by atoms with Gasteiger partial charge in [0.15, 0.2) is 6.10 Å². The lowest BCUT2D eigenvalue weighted by Gasteiger charge is -2.28. The Balaban J connectivity index is 4.97. The van der Waals surface area contributed by atoms with Gasteiger partial charge in [-0.1, -0.05) is 93.9 Å². The highest BCUT2D eigenvalue weighted by Crippen LogP contribution is 2.22. The fraction of sp³-hybridized carbons (Fsp3) is 0.878. The summed E-state index contributed by atoms with van der Waals surface area (Å²) in [6.45, 7) is 21.2. The Morgan fingerprint density at radius 1 is 0.558 bits per heavy atom. The van der Waals surface area contributed by atoms with Crippen LogP contribution in [0.3, 0.4) is 0 Å². The second kappa shape index (κ2) is 27.9. The zero-order valence-electron chi connectivity index (χ0n) is 34.6. The molecule has 0 aliphatic heterocycles. The summed E-state index contributed by atoms with van der Waals surface area (Å²) in [6, 6.07) is 0. The van der Waals surface area contributed by atoms with Gasteiger partial charge in [0, 0.05) is 19.3 Å². The highest BCUT2D eigenvalue weighted by molar-refractivity contribution is 5.78. The predicted octanol–water partition coefficient (Wildman–Crippen LogP) is 8.42. The molecule has 0 bridgehead atoms. The van der Waals surface area contributed by atoms with Crippen LogP contribution in [0.1, 0.15) is 153 Å². The maximum atomic E-state index is 13.0. The van der Waals surface area contributed by atoms with Gasteiger partial charge >= 0.3 is 29.8 Å². The van der Waals surface area contributed by atoms with Gasteiger partial charge in [0.25, 0.3) is 0 Å². The summed E-state index contributed by atoms with van der Waals surface area (Å²) in [7, 11) is 0. The van der Waals surface area contributed by atoms with Crippen LogP contribution < -0.4 is 0 Å². The number of esters is 5. The molecule has 3 atom stereocenters. The molecule has 0 saturated carbocycles. The third kappa shape index (κ3) is 26.1. The Bertz CT molecular complexity index is 984. The zero-order chi connectivity index (χ0) is 39.7. The van der Waals surface area contributed by atoms with Crippen LogP contribution in [0.15, 0.2) is 0 Å². The van der Waals surface area contributed by atoms with Crippen molar-refractivity contribution in [1.82, 2.24) is 0 Å². The molecule has 52 heavy (non-hydrogen) atoms.